The van der Waals surface area contributed by atoms with Gasteiger partial charge in [-0.15, -0.1) is 0 Å². The fraction of sp³-hybridized carbons (Fsp3) is 0.400. The molecule has 0 aliphatic rings. The molecular weight excluding hydrogens is 224 g/mol. The Morgan fingerprint density at radius 1 is 1.59 bits per heavy atom. The SMILES string of the molecule is CC(C)c1nc(Cn2nccc2C(=O)O)no1. The zero-order chi connectivity index (χ0) is 12.4. The third-order valence-electron chi connectivity index (χ3n) is 2.20. The topological polar surface area (TPSA) is 94.0 Å². The number of aromatic nitrogens is 4. The number of rotatable bonds is 4. The van der Waals surface area contributed by atoms with Crippen molar-refractivity contribution >= 4 is 5.97 Å². The molecule has 0 unspecified atom stereocenters. The van der Waals surface area contributed by atoms with E-state index in [9.17, 15) is 4.79 Å². The average molecular weight is 236 g/mol. The zero-order valence-corrected chi connectivity index (χ0v) is 9.49. The van der Waals surface area contributed by atoms with Crippen molar-refractivity contribution in [2.75, 3.05) is 0 Å². The molecule has 0 spiro atoms. The number of hydrogen-bond donors (Lipinski definition) is 1. The summed E-state index contributed by atoms with van der Waals surface area (Å²) in [4.78, 5) is 15.0. The summed E-state index contributed by atoms with van der Waals surface area (Å²) in [6.07, 6.45) is 1.42. The van der Waals surface area contributed by atoms with Crippen LogP contribution in [0.15, 0.2) is 16.8 Å². The number of carboxylic acids is 1. The van der Waals surface area contributed by atoms with Gasteiger partial charge in [-0.25, -0.2) is 4.79 Å². The summed E-state index contributed by atoms with van der Waals surface area (Å²) in [5, 5.41) is 16.6. The lowest BCUT2D eigenvalue weighted by molar-refractivity contribution is 0.0684. The van der Waals surface area contributed by atoms with E-state index < -0.39 is 5.97 Å². The van der Waals surface area contributed by atoms with Crippen LogP contribution in [0.4, 0.5) is 0 Å². The van der Waals surface area contributed by atoms with Crippen molar-refractivity contribution < 1.29 is 14.4 Å². The predicted octanol–water partition coefficient (Wildman–Crippen LogP) is 1.14. The summed E-state index contributed by atoms with van der Waals surface area (Å²) in [5.41, 5.74) is 0.0981. The lowest BCUT2D eigenvalue weighted by atomic mass is 10.2. The van der Waals surface area contributed by atoms with Crippen LogP contribution in [0.1, 0.15) is 42.0 Å². The maximum absolute atomic E-state index is 10.9. The second kappa shape index (κ2) is 4.36. The van der Waals surface area contributed by atoms with E-state index in [2.05, 4.69) is 15.2 Å². The largest absolute Gasteiger partial charge is 0.477 e. The van der Waals surface area contributed by atoms with E-state index in [4.69, 9.17) is 9.63 Å². The number of carboxylic acid groups (broad SMARTS) is 1. The first kappa shape index (κ1) is 11.3. The minimum atomic E-state index is -1.03. The summed E-state index contributed by atoms with van der Waals surface area (Å²) in [6.45, 7) is 4.06. The molecule has 1 N–H and O–H groups in total. The Kier molecular flexibility index (Phi) is 2.90. The fourth-order valence-corrected chi connectivity index (χ4v) is 1.34. The Bertz CT molecular complexity index is 529. The molecule has 17 heavy (non-hydrogen) atoms. The van der Waals surface area contributed by atoms with Gasteiger partial charge in [0.25, 0.3) is 0 Å². The molecule has 0 aromatic carbocycles. The molecule has 0 bridgehead atoms. The highest BCUT2D eigenvalue weighted by Gasteiger charge is 2.14. The molecule has 0 radical (unpaired) electrons. The second-order valence-corrected chi connectivity index (χ2v) is 3.88. The average Bonchev–Trinajstić information content (AvgIpc) is 2.86. The third-order valence-corrected chi connectivity index (χ3v) is 2.20. The van der Waals surface area contributed by atoms with Crippen molar-refractivity contribution in [2.24, 2.45) is 0 Å². The van der Waals surface area contributed by atoms with E-state index >= 15 is 0 Å². The molecule has 7 nitrogen and oxygen atoms in total. The lowest BCUT2D eigenvalue weighted by Crippen LogP contribution is -2.11. The molecule has 2 aromatic rings. The van der Waals surface area contributed by atoms with Crippen molar-refractivity contribution in [1.29, 1.82) is 0 Å². The van der Waals surface area contributed by atoms with E-state index in [1.165, 1.54) is 16.9 Å². The molecule has 7 heteroatoms. The van der Waals surface area contributed by atoms with Crippen LogP contribution in [0.3, 0.4) is 0 Å². The molecule has 2 aromatic heterocycles. The zero-order valence-electron chi connectivity index (χ0n) is 9.49. The van der Waals surface area contributed by atoms with Crippen LogP contribution in [0.25, 0.3) is 0 Å². The van der Waals surface area contributed by atoms with Crippen LogP contribution in [-0.2, 0) is 6.54 Å². The van der Waals surface area contributed by atoms with Crippen molar-refractivity contribution in [2.45, 2.75) is 26.3 Å². The Balaban J connectivity index is 2.19. The van der Waals surface area contributed by atoms with Gasteiger partial charge in [0.2, 0.25) is 5.89 Å². The van der Waals surface area contributed by atoms with Crippen molar-refractivity contribution in [3.8, 4) is 0 Å². The van der Waals surface area contributed by atoms with E-state index in [1.807, 2.05) is 13.8 Å². The van der Waals surface area contributed by atoms with Gasteiger partial charge in [-0.3, -0.25) is 4.68 Å². The highest BCUT2D eigenvalue weighted by Crippen LogP contribution is 2.11. The fourth-order valence-electron chi connectivity index (χ4n) is 1.34. The standard InChI is InChI=1S/C10H12N4O3/c1-6(2)9-12-8(13-17-9)5-14-7(10(15)16)3-4-11-14/h3-4,6H,5H2,1-2H3,(H,15,16). The molecule has 2 rings (SSSR count). The van der Waals surface area contributed by atoms with Gasteiger partial charge in [-0.05, 0) is 6.07 Å². The van der Waals surface area contributed by atoms with Gasteiger partial charge in [-0.1, -0.05) is 19.0 Å². The molecule has 2 heterocycles. The molecule has 0 atom stereocenters. The Morgan fingerprint density at radius 2 is 2.35 bits per heavy atom. The van der Waals surface area contributed by atoms with E-state index in [0.717, 1.165) is 0 Å². The van der Waals surface area contributed by atoms with Gasteiger partial charge in [0.05, 0.1) is 0 Å². The van der Waals surface area contributed by atoms with Crippen molar-refractivity contribution in [1.82, 2.24) is 19.9 Å². The summed E-state index contributed by atoms with van der Waals surface area (Å²) in [7, 11) is 0. The smallest absolute Gasteiger partial charge is 0.354 e. The van der Waals surface area contributed by atoms with Crippen molar-refractivity contribution in [3.63, 3.8) is 0 Å². The van der Waals surface area contributed by atoms with E-state index in [-0.39, 0.29) is 18.2 Å². The van der Waals surface area contributed by atoms with Gasteiger partial charge in [0, 0.05) is 12.1 Å². The van der Waals surface area contributed by atoms with Crippen LogP contribution >= 0.6 is 0 Å². The molecule has 0 fully saturated rings. The monoisotopic (exact) mass is 236 g/mol. The number of nitrogens with zero attached hydrogens (tertiary/aromatic N) is 4. The Morgan fingerprint density at radius 3 is 2.94 bits per heavy atom. The molecule has 0 aliphatic carbocycles. The van der Waals surface area contributed by atoms with Gasteiger partial charge in [0.15, 0.2) is 5.82 Å². The quantitative estimate of drug-likeness (QED) is 0.855. The van der Waals surface area contributed by atoms with Crippen LogP contribution in [0.2, 0.25) is 0 Å². The Hall–Kier alpha value is -2.18. The molecular formula is C10H12N4O3. The summed E-state index contributed by atoms with van der Waals surface area (Å²) in [6, 6.07) is 1.42. The van der Waals surface area contributed by atoms with Crippen LogP contribution in [0, 0.1) is 0 Å². The first-order valence-electron chi connectivity index (χ1n) is 5.15. The lowest BCUT2D eigenvalue weighted by Gasteiger charge is -1.99. The van der Waals surface area contributed by atoms with Gasteiger partial charge >= 0.3 is 5.97 Å². The summed E-state index contributed by atoms with van der Waals surface area (Å²) >= 11 is 0. The molecule has 0 aliphatic heterocycles. The van der Waals surface area contributed by atoms with E-state index in [1.54, 1.807) is 0 Å². The highest BCUT2D eigenvalue weighted by molar-refractivity contribution is 5.85. The first-order chi connectivity index (χ1) is 8.08. The minimum absolute atomic E-state index is 0.0981. The van der Waals surface area contributed by atoms with E-state index in [0.29, 0.717) is 11.7 Å². The van der Waals surface area contributed by atoms with Crippen LogP contribution in [-0.4, -0.2) is 31.0 Å². The first-order valence-corrected chi connectivity index (χ1v) is 5.15. The summed E-state index contributed by atoms with van der Waals surface area (Å²) < 4.78 is 6.34. The van der Waals surface area contributed by atoms with Crippen molar-refractivity contribution in [3.05, 3.63) is 29.7 Å². The molecule has 0 amide bonds. The number of aromatic carboxylic acids is 1. The van der Waals surface area contributed by atoms with Gasteiger partial charge in [-0.2, -0.15) is 10.1 Å². The van der Waals surface area contributed by atoms with Crippen LogP contribution in [0.5, 0.6) is 0 Å². The maximum Gasteiger partial charge on any atom is 0.354 e. The van der Waals surface area contributed by atoms with Crippen LogP contribution < -0.4 is 0 Å². The predicted molar refractivity (Wildman–Crippen MR) is 56.7 cm³/mol. The molecule has 0 saturated carbocycles. The minimum Gasteiger partial charge on any atom is -0.477 e. The van der Waals surface area contributed by atoms with Gasteiger partial charge in [0.1, 0.15) is 12.2 Å². The third kappa shape index (κ3) is 2.32. The number of carbonyl (C=O) groups is 1. The second-order valence-electron chi connectivity index (χ2n) is 3.88. The highest BCUT2D eigenvalue weighted by atomic mass is 16.5. The van der Waals surface area contributed by atoms with Gasteiger partial charge < -0.3 is 9.63 Å². The molecule has 90 valence electrons. The maximum atomic E-state index is 10.9. The Labute approximate surface area is 97.1 Å². The summed E-state index contributed by atoms with van der Waals surface area (Å²) in [5.74, 6) is 0.0619. The normalized spacial score (nSPS) is 11.0. The number of hydrogen-bond acceptors (Lipinski definition) is 5. The molecule has 0 saturated heterocycles.